The molecule has 0 aliphatic heterocycles. The Morgan fingerprint density at radius 2 is 0.931 bits per heavy atom. The van der Waals surface area contributed by atoms with Crippen LogP contribution in [-0.2, 0) is 21.1 Å². The Kier molecular flexibility index (Phi) is 7.75. The van der Waals surface area contributed by atoms with E-state index in [1.165, 1.54) is 6.92 Å². The van der Waals surface area contributed by atoms with Gasteiger partial charge >= 0.3 is 0 Å². The highest BCUT2D eigenvalue weighted by molar-refractivity contribution is 6.12. The molecule has 72 heavy (non-hydrogen) atoms. The van der Waals surface area contributed by atoms with Crippen molar-refractivity contribution in [3.05, 3.63) is 178 Å². The topological polar surface area (TPSA) is 89.7 Å². The van der Waals surface area contributed by atoms with Crippen molar-refractivity contribution in [1.29, 1.82) is 0 Å². The molecule has 0 spiro atoms. The van der Waals surface area contributed by atoms with Gasteiger partial charge in [-0.25, -0.2) is 28.7 Å². The van der Waals surface area contributed by atoms with Crippen molar-refractivity contribution in [3.8, 4) is 33.8 Å². The van der Waals surface area contributed by atoms with Gasteiger partial charge in [0, 0.05) is 112 Å². The van der Waals surface area contributed by atoms with Crippen molar-refractivity contribution >= 4 is 66.2 Å². The Morgan fingerprint density at radius 1 is 0.472 bits per heavy atom. The van der Waals surface area contributed by atoms with Gasteiger partial charge in [0.2, 0.25) is 34.2 Å². The fourth-order valence-electron chi connectivity index (χ4n) is 9.62. The van der Waals surface area contributed by atoms with Gasteiger partial charge in [-0.1, -0.05) is 32.0 Å². The second-order valence-corrected chi connectivity index (χ2v) is 18.2. The molecule has 9 nitrogen and oxygen atoms in total. The van der Waals surface area contributed by atoms with Crippen molar-refractivity contribution in [2.45, 2.75) is 81.6 Å². The lowest BCUT2D eigenvalue weighted by Crippen LogP contribution is -2.31. The molecule has 12 rings (SSSR count). The first kappa shape index (κ1) is 30.0. The quantitative estimate of drug-likeness (QED) is 0.163. The molecule has 360 valence electrons. The maximum absolute atomic E-state index is 8.49. The van der Waals surface area contributed by atoms with Crippen LogP contribution in [-0.4, -0.2) is 15.0 Å². The van der Waals surface area contributed by atoms with Crippen LogP contribution in [0.3, 0.4) is 0 Å². The van der Waals surface area contributed by atoms with Crippen LogP contribution < -0.4 is 13.7 Å². The third-order valence-electron chi connectivity index (χ3n) is 13.1. The van der Waals surface area contributed by atoms with Crippen molar-refractivity contribution in [3.63, 3.8) is 0 Å². The number of pyridine rings is 6. The molecule has 9 heterocycles. The average Bonchev–Trinajstić information content (AvgIpc) is 1.66. The molecule has 0 saturated carbocycles. The van der Waals surface area contributed by atoms with Gasteiger partial charge in [0.25, 0.3) is 0 Å². The predicted molar refractivity (Wildman–Crippen MR) is 291 cm³/mol. The Morgan fingerprint density at radius 3 is 1.38 bits per heavy atom. The van der Waals surface area contributed by atoms with Gasteiger partial charge < -0.3 is 13.3 Å². The third-order valence-corrected chi connectivity index (χ3v) is 13.1. The van der Waals surface area contributed by atoms with Crippen molar-refractivity contribution in [1.82, 2.24) is 15.0 Å². The SMILES string of the molecule is [2H]C([2H])([2H])c1c[n+](C)c(-c2c(C)cc(C([2H])([2H])[2H])c3c2oc2ncccc23)cc1C.[2H]C([2H])([2H])c1cc(C)c(-c2cc(C([2H])(C)C([2H])([2H])[2H])cc[n+]2C)c2oc3ncccc3c12.[2H]C([2H])([2H])c1ccc(-c2c(C)cc(C([2H])([2H])[2H])c3c2oc2ncccc23)[n+](C)c1. The summed E-state index contributed by atoms with van der Waals surface area (Å²) in [6.45, 7) is -5.39. The summed E-state index contributed by atoms with van der Waals surface area (Å²) in [5, 5.41) is 3.35. The van der Waals surface area contributed by atoms with Gasteiger partial charge in [0.05, 0.1) is 16.7 Å². The van der Waals surface area contributed by atoms with Crippen LogP contribution in [0.15, 0.2) is 135 Å². The zero-order valence-electron chi connectivity index (χ0n) is 60.0. The fraction of sp³-hybridized carbons (Fsp3) is 0.238. The molecule has 0 fully saturated rings. The highest BCUT2D eigenvalue weighted by Crippen LogP contribution is 2.41. The molecule has 1 unspecified atom stereocenters. The molecule has 0 saturated heterocycles. The molecule has 0 radical (unpaired) electrons. The summed E-state index contributed by atoms with van der Waals surface area (Å²) in [6.07, 6.45) is 9.63. The summed E-state index contributed by atoms with van der Waals surface area (Å²) in [6, 6.07) is 23.9. The summed E-state index contributed by atoms with van der Waals surface area (Å²) in [4.78, 5) is 12.8. The highest BCUT2D eigenvalue weighted by Gasteiger charge is 2.26. The molecule has 0 amide bonds. The summed E-state index contributed by atoms with van der Waals surface area (Å²) >= 11 is 0. The standard InChI is InChI=1S/C22H23N2O.C21H21N2O.C20H19N2O/c1-13(2)16-8-10-24(5)18(12-16)20-15(4)11-14(3)19-17-7-6-9-23-22(17)25-21(19)20;1-12-10-17(23(5)11-15(12)4)19-14(3)9-13(2)18-16-7-6-8-22-21(16)24-20(18)19;1-12-7-8-16(22(4)11-12)18-14(3)10-13(2)17-15-6-5-9-21-20(15)23-19(17)18/h6-13H,1-5H3;6-11H,1-5H3;5-11H,1-4H3/q3*+1/i1D3,3D3,13D;2D3,4D3;1D3,2D3. The van der Waals surface area contributed by atoms with Gasteiger partial charge in [-0.3, -0.25) is 0 Å². The maximum atomic E-state index is 8.49. The lowest BCUT2D eigenvalue weighted by atomic mass is 9.95. The van der Waals surface area contributed by atoms with E-state index in [1.807, 2.05) is 13.8 Å². The molecule has 9 heteroatoms. The normalized spacial score (nSPS) is 17.4. The van der Waals surface area contributed by atoms with E-state index in [0.717, 1.165) is 28.1 Å². The molecule has 0 N–H and O–H groups in total. The Balaban J connectivity index is 0.000000150. The van der Waals surface area contributed by atoms with E-state index < -0.39 is 47.0 Å². The fourth-order valence-corrected chi connectivity index (χ4v) is 9.62. The van der Waals surface area contributed by atoms with Crippen LogP contribution in [0, 0.1) is 62.0 Å². The number of aryl methyl sites for hydroxylation is 12. The minimum atomic E-state index is -2.52. The van der Waals surface area contributed by atoms with Crippen LogP contribution in [0.25, 0.3) is 100.0 Å². The Bertz CT molecular complexity index is 4870. The molecule has 3 aromatic carbocycles. The largest absolute Gasteiger partial charge is 0.437 e. The minimum Gasteiger partial charge on any atom is -0.437 e. The van der Waals surface area contributed by atoms with Crippen molar-refractivity contribution in [2.24, 2.45) is 21.1 Å². The third kappa shape index (κ3) is 8.26. The zero-order valence-corrected chi connectivity index (χ0v) is 41.0. The van der Waals surface area contributed by atoms with Crippen LogP contribution in [0.4, 0.5) is 0 Å². The first-order valence-electron chi connectivity index (χ1n) is 32.6. The lowest BCUT2D eigenvalue weighted by Gasteiger charge is -2.10. The van der Waals surface area contributed by atoms with Gasteiger partial charge in [-0.15, -0.1) is 0 Å². The van der Waals surface area contributed by atoms with E-state index in [0.29, 0.717) is 99.7 Å². The first-order chi connectivity index (χ1) is 42.1. The van der Waals surface area contributed by atoms with E-state index in [1.54, 1.807) is 171 Å². The van der Waals surface area contributed by atoms with Gasteiger partial charge in [-0.2, -0.15) is 0 Å². The van der Waals surface area contributed by atoms with E-state index >= 15 is 0 Å². The number of furan rings is 3. The second-order valence-electron chi connectivity index (χ2n) is 18.2. The summed E-state index contributed by atoms with van der Waals surface area (Å²) in [7, 11) is 5.34. The molecule has 12 aromatic rings. The summed E-state index contributed by atoms with van der Waals surface area (Å²) < 4.78 is 174. The van der Waals surface area contributed by atoms with E-state index in [2.05, 4.69) is 15.0 Å². The lowest BCUT2D eigenvalue weighted by molar-refractivity contribution is -0.660. The molecular weight excluding hydrogens is 889 g/mol. The van der Waals surface area contributed by atoms with Gasteiger partial charge in [0.1, 0.15) is 21.1 Å². The Hall–Kier alpha value is -8.04. The van der Waals surface area contributed by atoms with Crippen LogP contribution in [0.2, 0.25) is 0 Å². The zero-order chi connectivity index (χ0) is 66.8. The van der Waals surface area contributed by atoms with Crippen LogP contribution >= 0.6 is 0 Å². The number of nitrogens with zero attached hydrogens (tertiary/aromatic N) is 6. The second kappa shape index (κ2) is 18.6. The van der Waals surface area contributed by atoms with Crippen molar-refractivity contribution < 1.29 is 53.0 Å². The predicted octanol–water partition coefficient (Wildman–Crippen LogP) is 14.3. The van der Waals surface area contributed by atoms with E-state index in [-0.39, 0.29) is 27.8 Å². The summed E-state index contributed by atoms with van der Waals surface area (Å²) in [5.74, 6) is -1.82. The molecule has 9 aromatic heterocycles. The van der Waals surface area contributed by atoms with Gasteiger partial charge in [-0.05, 0) is 155 Å². The minimum absolute atomic E-state index is 0.173. The average molecular weight is 971 g/mol. The van der Waals surface area contributed by atoms with E-state index in [9.17, 15) is 0 Å². The molecule has 1 atom stereocenters. The number of hydrogen-bond acceptors (Lipinski definition) is 6. The monoisotopic (exact) mass is 971 g/mol. The number of hydrogen-bond donors (Lipinski definition) is 0. The maximum Gasteiger partial charge on any atom is 0.227 e. The van der Waals surface area contributed by atoms with Crippen molar-refractivity contribution in [2.75, 3.05) is 0 Å². The number of fused-ring (bicyclic) bond motifs is 9. The van der Waals surface area contributed by atoms with Gasteiger partial charge in [0.15, 0.2) is 35.3 Å². The molecule has 0 aliphatic rings. The number of benzene rings is 3. The molecular formula is C63H63N6O3+3. The highest BCUT2D eigenvalue weighted by atomic mass is 16.3. The van der Waals surface area contributed by atoms with Crippen LogP contribution in [0.5, 0.6) is 0 Å². The van der Waals surface area contributed by atoms with Crippen LogP contribution in [0.1, 0.15) is 101 Å². The number of aromatic nitrogens is 6. The Labute approximate surface area is 447 Å². The first-order valence-corrected chi connectivity index (χ1v) is 23.1. The molecule has 0 bridgehead atoms. The van der Waals surface area contributed by atoms with E-state index in [4.69, 9.17) is 39.3 Å². The smallest absolute Gasteiger partial charge is 0.227 e. The molecule has 0 aliphatic carbocycles. The summed E-state index contributed by atoms with van der Waals surface area (Å²) in [5.41, 5.74) is 10.6. The number of rotatable bonds is 4.